The fourth-order valence-corrected chi connectivity index (χ4v) is 2.56. The summed E-state index contributed by atoms with van der Waals surface area (Å²) in [6.45, 7) is 11.0. The van der Waals surface area contributed by atoms with Crippen molar-refractivity contribution in [3.05, 3.63) is 0 Å². The second kappa shape index (κ2) is 5.45. The SMILES string of the molecule is C[C@@H]1CNC[C@@H](CN2CCN(C)[C@@H](C)C2)O1. The predicted octanol–water partition coefficient (Wildman–Crippen LogP) is -0.000800. The Labute approximate surface area is 98.9 Å². The Bertz CT molecular complexity index is 224. The number of hydrogen-bond acceptors (Lipinski definition) is 4. The summed E-state index contributed by atoms with van der Waals surface area (Å²) in [5.74, 6) is 0. The standard InChI is InChI=1S/C12H25N3O/c1-10-8-15(5-4-14(10)3)9-12-7-13-6-11(2)16-12/h10-13H,4-9H2,1-3H3/t10-,11+,12-/m0/s1. The van der Waals surface area contributed by atoms with Gasteiger partial charge in [-0.05, 0) is 20.9 Å². The smallest absolute Gasteiger partial charge is 0.0830 e. The Morgan fingerprint density at radius 1 is 1.25 bits per heavy atom. The van der Waals surface area contributed by atoms with Gasteiger partial charge in [0.05, 0.1) is 12.2 Å². The molecule has 2 saturated heterocycles. The van der Waals surface area contributed by atoms with Crippen LogP contribution in [0.1, 0.15) is 13.8 Å². The molecule has 3 atom stereocenters. The van der Waals surface area contributed by atoms with Crippen molar-refractivity contribution in [1.29, 1.82) is 0 Å². The van der Waals surface area contributed by atoms with Crippen LogP contribution in [0.15, 0.2) is 0 Å². The molecule has 2 aliphatic rings. The second-order valence-corrected chi connectivity index (χ2v) is 5.32. The molecule has 0 aromatic carbocycles. The largest absolute Gasteiger partial charge is 0.371 e. The van der Waals surface area contributed by atoms with E-state index < -0.39 is 0 Å². The molecule has 0 radical (unpaired) electrons. The van der Waals surface area contributed by atoms with Crippen molar-refractivity contribution in [3.8, 4) is 0 Å². The molecule has 1 N–H and O–H groups in total. The van der Waals surface area contributed by atoms with Gasteiger partial charge in [0.1, 0.15) is 0 Å². The lowest BCUT2D eigenvalue weighted by molar-refractivity contribution is -0.0498. The van der Waals surface area contributed by atoms with Crippen LogP contribution in [-0.2, 0) is 4.74 Å². The zero-order valence-corrected chi connectivity index (χ0v) is 10.8. The third kappa shape index (κ3) is 3.17. The van der Waals surface area contributed by atoms with Crippen molar-refractivity contribution < 1.29 is 4.74 Å². The van der Waals surface area contributed by atoms with E-state index in [1.165, 1.54) is 19.6 Å². The lowest BCUT2D eigenvalue weighted by Gasteiger charge is -2.40. The minimum atomic E-state index is 0.364. The number of rotatable bonds is 2. The topological polar surface area (TPSA) is 27.7 Å². The zero-order chi connectivity index (χ0) is 11.5. The van der Waals surface area contributed by atoms with Gasteiger partial charge in [0.15, 0.2) is 0 Å². The summed E-state index contributed by atoms with van der Waals surface area (Å²) in [6.07, 6.45) is 0.739. The molecule has 2 heterocycles. The Hall–Kier alpha value is -0.160. The third-order valence-corrected chi connectivity index (χ3v) is 3.73. The average molecular weight is 227 g/mol. The van der Waals surface area contributed by atoms with Crippen LogP contribution in [0.2, 0.25) is 0 Å². The minimum absolute atomic E-state index is 0.364. The van der Waals surface area contributed by atoms with Crippen molar-refractivity contribution in [2.24, 2.45) is 0 Å². The van der Waals surface area contributed by atoms with E-state index in [-0.39, 0.29) is 0 Å². The molecule has 0 aliphatic carbocycles. The van der Waals surface area contributed by atoms with E-state index in [1.807, 2.05) is 0 Å². The lowest BCUT2D eigenvalue weighted by Crippen LogP contribution is -2.55. The molecule has 4 heteroatoms. The number of hydrogen-bond donors (Lipinski definition) is 1. The number of nitrogens with zero attached hydrogens (tertiary/aromatic N) is 2. The van der Waals surface area contributed by atoms with Crippen LogP contribution in [0.3, 0.4) is 0 Å². The van der Waals surface area contributed by atoms with Crippen molar-refractivity contribution in [3.63, 3.8) is 0 Å². The maximum atomic E-state index is 5.93. The maximum Gasteiger partial charge on any atom is 0.0830 e. The fraction of sp³-hybridized carbons (Fsp3) is 1.00. The highest BCUT2D eigenvalue weighted by atomic mass is 16.5. The molecule has 0 saturated carbocycles. The van der Waals surface area contributed by atoms with Crippen LogP contribution >= 0.6 is 0 Å². The van der Waals surface area contributed by atoms with Crippen LogP contribution in [0.25, 0.3) is 0 Å². The highest BCUT2D eigenvalue weighted by Crippen LogP contribution is 2.10. The summed E-state index contributed by atoms with van der Waals surface area (Å²) in [5.41, 5.74) is 0. The summed E-state index contributed by atoms with van der Waals surface area (Å²) in [6, 6.07) is 0.669. The van der Waals surface area contributed by atoms with Gasteiger partial charge in [-0.15, -0.1) is 0 Å². The van der Waals surface area contributed by atoms with Gasteiger partial charge in [0.25, 0.3) is 0 Å². The molecule has 0 spiro atoms. The van der Waals surface area contributed by atoms with E-state index in [1.54, 1.807) is 0 Å². The highest BCUT2D eigenvalue weighted by molar-refractivity contribution is 4.81. The number of morpholine rings is 1. The van der Waals surface area contributed by atoms with E-state index >= 15 is 0 Å². The minimum Gasteiger partial charge on any atom is -0.371 e. The van der Waals surface area contributed by atoms with E-state index in [2.05, 4.69) is 36.0 Å². The van der Waals surface area contributed by atoms with E-state index in [9.17, 15) is 0 Å². The summed E-state index contributed by atoms with van der Waals surface area (Å²) in [7, 11) is 2.21. The Kier molecular flexibility index (Phi) is 4.19. The monoisotopic (exact) mass is 227 g/mol. The van der Waals surface area contributed by atoms with Gasteiger partial charge in [-0.1, -0.05) is 0 Å². The molecule has 2 aliphatic heterocycles. The van der Waals surface area contributed by atoms with Crippen LogP contribution in [0.4, 0.5) is 0 Å². The van der Waals surface area contributed by atoms with E-state index in [0.29, 0.717) is 18.2 Å². The first-order valence-electron chi connectivity index (χ1n) is 6.44. The van der Waals surface area contributed by atoms with Crippen LogP contribution in [0.5, 0.6) is 0 Å². The van der Waals surface area contributed by atoms with Crippen molar-refractivity contribution >= 4 is 0 Å². The Balaban J connectivity index is 1.76. The molecule has 2 rings (SSSR count). The number of ether oxygens (including phenoxy) is 1. The van der Waals surface area contributed by atoms with Gasteiger partial charge in [-0.25, -0.2) is 0 Å². The van der Waals surface area contributed by atoms with Gasteiger partial charge in [-0.3, -0.25) is 4.90 Å². The lowest BCUT2D eigenvalue weighted by atomic mass is 10.1. The van der Waals surface area contributed by atoms with E-state index in [4.69, 9.17) is 4.74 Å². The van der Waals surface area contributed by atoms with Crippen molar-refractivity contribution in [2.75, 3.05) is 46.3 Å². The van der Waals surface area contributed by atoms with Crippen LogP contribution in [-0.4, -0.2) is 74.4 Å². The van der Waals surface area contributed by atoms with Crippen LogP contribution < -0.4 is 5.32 Å². The third-order valence-electron chi connectivity index (χ3n) is 3.73. The summed E-state index contributed by atoms with van der Waals surface area (Å²) >= 11 is 0. The molecule has 94 valence electrons. The number of piperazine rings is 1. The normalized spacial score (nSPS) is 38.8. The second-order valence-electron chi connectivity index (χ2n) is 5.32. The van der Waals surface area contributed by atoms with Gasteiger partial charge in [0, 0.05) is 45.3 Å². The van der Waals surface area contributed by atoms with Crippen molar-refractivity contribution in [1.82, 2.24) is 15.1 Å². The number of likely N-dealkylation sites (N-methyl/N-ethyl adjacent to an activating group) is 1. The van der Waals surface area contributed by atoms with Crippen LogP contribution in [0, 0.1) is 0 Å². The summed E-state index contributed by atoms with van der Waals surface area (Å²) < 4.78 is 5.93. The van der Waals surface area contributed by atoms with E-state index in [0.717, 1.165) is 19.6 Å². The molecule has 0 bridgehead atoms. The van der Waals surface area contributed by atoms with Gasteiger partial charge in [-0.2, -0.15) is 0 Å². The first-order chi connectivity index (χ1) is 7.65. The average Bonchev–Trinajstić information content (AvgIpc) is 2.24. The molecule has 2 fully saturated rings. The molecule has 0 amide bonds. The van der Waals surface area contributed by atoms with Gasteiger partial charge >= 0.3 is 0 Å². The van der Waals surface area contributed by atoms with Crippen molar-refractivity contribution in [2.45, 2.75) is 32.1 Å². The number of nitrogens with one attached hydrogen (secondary N) is 1. The van der Waals surface area contributed by atoms with Gasteiger partial charge < -0.3 is 15.0 Å². The zero-order valence-electron chi connectivity index (χ0n) is 10.8. The summed E-state index contributed by atoms with van der Waals surface area (Å²) in [5, 5.41) is 3.43. The first kappa shape index (κ1) is 12.3. The molecular weight excluding hydrogens is 202 g/mol. The molecule has 4 nitrogen and oxygen atoms in total. The quantitative estimate of drug-likeness (QED) is 0.719. The maximum absolute atomic E-state index is 5.93. The fourth-order valence-electron chi connectivity index (χ4n) is 2.56. The van der Waals surface area contributed by atoms with Gasteiger partial charge in [0.2, 0.25) is 0 Å². The Morgan fingerprint density at radius 2 is 2.06 bits per heavy atom. The highest BCUT2D eigenvalue weighted by Gasteiger charge is 2.25. The Morgan fingerprint density at radius 3 is 2.75 bits per heavy atom. The molecule has 0 aromatic heterocycles. The molecule has 16 heavy (non-hydrogen) atoms. The molecule has 0 unspecified atom stereocenters. The first-order valence-corrected chi connectivity index (χ1v) is 6.44. The molecule has 0 aromatic rings. The predicted molar refractivity (Wildman–Crippen MR) is 65.7 cm³/mol. The molecular formula is C12H25N3O. The summed E-state index contributed by atoms with van der Waals surface area (Å²) in [4.78, 5) is 4.97.